The van der Waals surface area contributed by atoms with Gasteiger partial charge in [-0.25, -0.2) is 4.79 Å². The van der Waals surface area contributed by atoms with Gasteiger partial charge >= 0.3 is 18.3 Å². The molecule has 0 aliphatic carbocycles. The number of ether oxygens (including phenoxy) is 1. The molecule has 2 aromatic carbocycles. The number of nitrogens with one attached hydrogen (secondary N) is 1. The van der Waals surface area contributed by atoms with Gasteiger partial charge in [0, 0.05) is 11.3 Å². The zero-order chi connectivity index (χ0) is 21.8. The van der Waals surface area contributed by atoms with E-state index in [9.17, 15) is 35.9 Å². The zero-order valence-electron chi connectivity index (χ0n) is 14.9. The molecule has 0 saturated carbocycles. The van der Waals surface area contributed by atoms with E-state index in [2.05, 4.69) is 5.32 Å². The second kappa shape index (κ2) is 8.54. The number of amides is 1. The van der Waals surface area contributed by atoms with Gasteiger partial charge in [-0.05, 0) is 48.9 Å². The number of esters is 1. The molecule has 0 heterocycles. The number of anilines is 1. The molecule has 0 aliphatic heterocycles. The van der Waals surface area contributed by atoms with E-state index in [1.54, 1.807) is 0 Å². The molecule has 0 aromatic heterocycles. The minimum absolute atomic E-state index is 0.0620. The van der Waals surface area contributed by atoms with Crippen molar-refractivity contribution < 1.29 is 40.7 Å². The van der Waals surface area contributed by atoms with Crippen LogP contribution in [-0.2, 0) is 17.1 Å². The summed E-state index contributed by atoms with van der Waals surface area (Å²) in [5.41, 5.74) is -3.74. The largest absolute Gasteiger partial charge is 0.462 e. The third kappa shape index (κ3) is 5.97. The van der Waals surface area contributed by atoms with Crippen molar-refractivity contribution in [2.45, 2.75) is 25.7 Å². The van der Waals surface area contributed by atoms with Crippen LogP contribution in [0, 0.1) is 0 Å². The van der Waals surface area contributed by atoms with Crippen LogP contribution in [0.1, 0.15) is 45.2 Å². The highest BCUT2D eigenvalue weighted by molar-refractivity contribution is 6.04. The number of carbonyl (C=O) groups excluding carboxylic acids is 2. The number of rotatable bonds is 5. The number of hydrogen-bond donors (Lipinski definition) is 1. The first-order valence-corrected chi connectivity index (χ1v) is 8.30. The van der Waals surface area contributed by atoms with E-state index in [1.165, 1.54) is 24.3 Å². The van der Waals surface area contributed by atoms with E-state index in [-0.39, 0.29) is 23.9 Å². The summed E-state index contributed by atoms with van der Waals surface area (Å²) < 4.78 is 82.3. The van der Waals surface area contributed by atoms with Gasteiger partial charge < -0.3 is 10.1 Å². The molecule has 0 radical (unpaired) electrons. The summed E-state index contributed by atoms with van der Waals surface area (Å²) in [5, 5.41) is 2.20. The molecular weight excluding hydrogens is 404 g/mol. The van der Waals surface area contributed by atoms with Gasteiger partial charge in [-0.1, -0.05) is 6.92 Å². The first-order chi connectivity index (χ1) is 13.4. The second-order valence-corrected chi connectivity index (χ2v) is 5.96. The van der Waals surface area contributed by atoms with E-state index in [0.717, 1.165) is 0 Å². The lowest BCUT2D eigenvalue weighted by Gasteiger charge is -2.14. The van der Waals surface area contributed by atoms with Crippen molar-refractivity contribution in [3.8, 4) is 0 Å². The van der Waals surface area contributed by atoms with Crippen molar-refractivity contribution in [2.75, 3.05) is 11.9 Å². The zero-order valence-corrected chi connectivity index (χ0v) is 14.9. The minimum Gasteiger partial charge on any atom is -0.462 e. The topological polar surface area (TPSA) is 55.4 Å². The normalized spacial score (nSPS) is 11.8. The van der Waals surface area contributed by atoms with Gasteiger partial charge in [0.1, 0.15) is 0 Å². The summed E-state index contributed by atoms with van der Waals surface area (Å²) in [6.45, 7) is 2.03. The molecule has 0 spiro atoms. The average molecular weight is 419 g/mol. The monoisotopic (exact) mass is 419 g/mol. The molecule has 0 fully saturated rings. The molecule has 0 aliphatic rings. The Labute approximate surface area is 161 Å². The Kier molecular flexibility index (Phi) is 6.55. The summed E-state index contributed by atoms with van der Waals surface area (Å²) in [7, 11) is 0. The van der Waals surface area contributed by atoms with Crippen LogP contribution in [0.25, 0.3) is 0 Å². The fourth-order valence-electron chi connectivity index (χ4n) is 2.26. The quantitative estimate of drug-likeness (QED) is 0.511. The highest BCUT2D eigenvalue weighted by Crippen LogP contribution is 2.36. The molecule has 1 N–H and O–H groups in total. The van der Waals surface area contributed by atoms with Crippen molar-refractivity contribution in [2.24, 2.45) is 0 Å². The van der Waals surface area contributed by atoms with Crippen molar-refractivity contribution in [3.05, 3.63) is 64.7 Å². The molecule has 2 rings (SSSR count). The summed E-state index contributed by atoms with van der Waals surface area (Å²) >= 11 is 0. The smallest absolute Gasteiger partial charge is 0.416 e. The molecular formula is C19H15F6NO3. The SMILES string of the molecule is CCCOC(=O)c1ccc(NC(=O)c2cc(C(F)(F)F)cc(C(F)(F)F)c2)cc1. The molecule has 156 valence electrons. The Bertz CT molecular complexity index is 856. The van der Waals surface area contributed by atoms with E-state index >= 15 is 0 Å². The van der Waals surface area contributed by atoms with E-state index < -0.39 is 40.9 Å². The molecule has 0 atom stereocenters. The fraction of sp³-hybridized carbons (Fsp3) is 0.263. The van der Waals surface area contributed by atoms with Gasteiger partial charge in [0.2, 0.25) is 0 Å². The van der Waals surface area contributed by atoms with Crippen LogP contribution in [0.5, 0.6) is 0 Å². The average Bonchev–Trinajstić information content (AvgIpc) is 2.65. The molecule has 10 heteroatoms. The predicted molar refractivity (Wildman–Crippen MR) is 91.4 cm³/mol. The second-order valence-electron chi connectivity index (χ2n) is 5.96. The standard InChI is InChI=1S/C19H15F6NO3/c1-2-7-29-17(28)11-3-5-15(6-4-11)26-16(27)12-8-13(18(20,21)22)10-14(9-12)19(23,24)25/h3-6,8-10H,2,7H2,1H3,(H,26,27). The Hall–Kier alpha value is -3.04. The minimum atomic E-state index is -5.06. The molecule has 0 saturated heterocycles. The predicted octanol–water partition coefficient (Wildman–Crippen LogP) is 5.54. The number of carbonyl (C=O) groups is 2. The number of hydrogen-bond acceptors (Lipinski definition) is 3. The van der Waals surface area contributed by atoms with Crippen molar-refractivity contribution in [1.82, 2.24) is 0 Å². The molecule has 0 unspecified atom stereocenters. The molecule has 29 heavy (non-hydrogen) atoms. The number of benzene rings is 2. The van der Waals surface area contributed by atoms with E-state index in [0.29, 0.717) is 18.6 Å². The van der Waals surface area contributed by atoms with Gasteiger partial charge in [-0.15, -0.1) is 0 Å². The van der Waals surface area contributed by atoms with E-state index in [4.69, 9.17) is 4.74 Å². The van der Waals surface area contributed by atoms with Crippen LogP contribution in [-0.4, -0.2) is 18.5 Å². The van der Waals surface area contributed by atoms with Crippen LogP contribution in [0.2, 0.25) is 0 Å². The highest BCUT2D eigenvalue weighted by atomic mass is 19.4. The molecule has 1 amide bonds. The van der Waals surface area contributed by atoms with Crippen LogP contribution in [0.3, 0.4) is 0 Å². The van der Waals surface area contributed by atoms with Gasteiger partial charge in [0.05, 0.1) is 23.3 Å². The summed E-state index contributed by atoms with van der Waals surface area (Å²) in [6.07, 6.45) is -9.50. The number of alkyl halides is 6. The first-order valence-electron chi connectivity index (χ1n) is 8.30. The summed E-state index contributed by atoms with van der Waals surface area (Å²) in [4.78, 5) is 23.9. The highest BCUT2D eigenvalue weighted by Gasteiger charge is 2.37. The van der Waals surface area contributed by atoms with Crippen LogP contribution in [0.15, 0.2) is 42.5 Å². The molecule has 0 bridgehead atoms. The van der Waals surface area contributed by atoms with Crippen molar-refractivity contribution in [1.29, 1.82) is 0 Å². The maximum atomic E-state index is 12.9. The Morgan fingerprint density at radius 3 is 1.83 bits per heavy atom. The maximum Gasteiger partial charge on any atom is 0.416 e. The lowest BCUT2D eigenvalue weighted by molar-refractivity contribution is -0.143. The Morgan fingerprint density at radius 1 is 0.862 bits per heavy atom. The Balaban J connectivity index is 2.25. The third-order valence-electron chi connectivity index (χ3n) is 3.67. The van der Waals surface area contributed by atoms with Crippen molar-refractivity contribution in [3.63, 3.8) is 0 Å². The maximum absolute atomic E-state index is 12.9. The van der Waals surface area contributed by atoms with Crippen LogP contribution >= 0.6 is 0 Å². The Morgan fingerprint density at radius 2 is 1.38 bits per heavy atom. The van der Waals surface area contributed by atoms with Gasteiger partial charge in [0.25, 0.3) is 5.91 Å². The van der Waals surface area contributed by atoms with Gasteiger partial charge in [-0.3, -0.25) is 4.79 Å². The van der Waals surface area contributed by atoms with Crippen LogP contribution < -0.4 is 5.32 Å². The van der Waals surface area contributed by atoms with Gasteiger partial charge in [-0.2, -0.15) is 26.3 Å². The fourth-order valence-corrected chi connectivity index (χ4v) is 2.26. The van der Waals surface area contributed by atoms with Crippen LogP contribution in [0.4, 0.5) is 32.0 Å². The molecule has 2 aromatic rings. The van der Waals surface area contributed by atoms with Gasteiger partial charge in [0.15, 0.2) is 0 Å². The third-order valence-corrected chi connectivity index (χ3v) is 3.67. The summed E-state index contributed by atoms with van der Waals surface area (Å²) in [5.74, 6) is -1.76. The lowest BCUT2D eigenvalue weighted by Crippen LogP contribution is -2.17. The van der Waals surface area contributed by atoms with Crippen molar-refractivity contribution >= 4 is 17.6 Å². The first kappa shape index (κ1) is 22.3. The van der Waals surface area contributed by atoms with E-state index in [1.807, 2.05) is 6.92 Å². The molecule has 4 nitrogen and oxygen atoms in total. The number of halogens is 6. The lowest BCUT2D eigenvalue weighted by atomic mass is 10.0. The summed E-state index contributed by atoms with van der Waals surface area (Å²) in [6, 6.07) is 5.77.